The Hall–Kier alpha value is -1.45. The summed E-state index contributed by atoms with van der Waals surface area (Å²) < 4.78 is 5.03. The van der Waals surface area contributed by atoms with Crippen molar-refractivity contribution < 1.29 is 14.6 Å². The van der Waals surface area contributed by atoms with Crippen molar-refractivity contribution in [3.63, 3.8) is 0 Å². The van der Waals surface area contributed by atoms with Gasteiger partial charge in [0.25, 0.3) is 0 Å². The number of rotatable bonds is 6. The molecule has 19 heavy (non-hydrogen) atoms. The first kappa shape index (κ1) is 14.0. The van der Waals surface area contributed by atoms with E-state index in [1.807, 2.05) is 18.2 Å². The van der Waals surface area contributed by atoms with Gasteiger partial charge >= 0.3 is 0 Å². The normalized spacial score (nSPS) is 19.3. The smallest absolute Gasteiger partial charge is 0.161 e. The number of carbonyl (C=O) groups excluding carboxylic acids is 1. The SMILES string of the molecule is COCCC1=C(CCc2ccccc2)C(O)CC1=O. The number of benzene rings is 1. The van der Waals surface area contributed by atoms with E-state index in [-0.39, 0.29) is 12.2 Å². The summed E-state index contributed by atoms with van der Waals surface area (Å²) in [7, 11) is 1.63. The van der Waals surface area contributed by atoms with Crippen LogP contribution in [0.2, 0.25) is 0 Å². The molecule has 1 atom stereocenters. The number of Topliss-reactive ketones (excluding diaryl/α,β-unsaturated/α-hetero) is 1. The van der Waals surface area contributed by atoms with Crippen molar-refractivity contribution >= 4 is 5.78 Å². The van der Waals surface area contributed by atoms with E-state index in [0.717, 1.165) is 24.0 Å². The van der Waals surface area contributed by atoms with Crippen LogP contribution in [0, 0.1) is 0 Å². The van der Waals surface area contributed by atoms with Crippen molar-refractivity contribution in [2.45, 2.75) is 31.8 Å². The number of ketones is 1. The maximum absolute atomic E-state index is 11.8. The molecule has 1 aliphatic carbocycles. The lowest BCUT2D eigenvalue weighted by Crippen LogP contribution is -2.07. The van der Waals surface area contributed by atoms with Gasteiger partial charge in [-0.2, -0.15) is 0 Å². The predicted molar refractivity (Wildman–Crippen MR) is 73.9 cm³/mol. The molecule has 1 unspecified atom stereocenters. The fourth-order valence-electron chi connectivity index (χ4n) is 2.55. The molecule has 2 rings (SSSR count). The largest absolute Gasteiger partial charge is 0.388 e. The van der Waals surface area contributed by atoms with Crippen LogP contribution in [0.3, 0.4) is 0 Å². The molecule has 0 aliphatic heterocycles. The van der Waals surface area contributed by atoms with Crippen LogP contribution in [-0.2, 0) is 16.0 Å². The molecule has 0 spiro atoms. The summed E-state index contributed by atoms with van der Waals surface area (Å²) in [5, 5.41) is 9.99. The van der Waals surface area contributed by atoms with Gasteiger partial charge in [0.1, 0.15) is 0 Å². The van der Waals surface area contributed by atoms with Crippen molar-refractivity contribution in [1.29, 1.82) is 0 Å². The van der Waals surface area contributed by atoms with Crippen LogP contribution in [0.15, 0.2) is 41.5 Å². The van der Waals surface area contributed by atoms with Gasteiger partial charge in [-0.05, 0) is 36.0 Å². The number of aliphatic hydroxyl groups excluding tert-OH is 1. The Morgan fingerprint density at radius 1 is 1.21 bits per heavy atom. The number of ether oxygens (including phenoxy) is 1. The lowest BCUT2D eigenvalue weighted by molar-refractivity contribution is -0.116. The third-order valence-corrected chi connectivity index (χ3v) is 3.59. The van der Waals surface area contributed by atoms with Gasteiger partial charge in [0.2, 0.25) is 0 Å². The Kier molecular flexibility index (Phi) is 4.88. The highest BCUT2D eigenvalue weighted by Crippen LogP contribution is 2.29. The number of carbonyl (C=O) groups is 1. The quantitative estimate of drug-likeness (QED) is 0.853. The summed E-state index contributed by atoms with van der Waals surface area (Å²) in [6.45, 7) is 0.530. The monoisotopic (exact) mass is 260 g/mol. The van der Waals surface area contributed by atoms with Crippen LogP contribution in [0.4, 0.5) is 0 Å². The average molecular weight is 260 g/mol. The number of methoxy groups -OCH3 is 1. The average Bonchev–Trinajstić information content (AvgIpc) is 2.69. The molecule has 1 aromatic rings. The summed E-state index contributed by atoms with van der Waals surface area (Å²) in [4.78, 5) is 11.8. The molecule has 3 heteroatoms. The van der Waals surface area contributed by atoms with Crippen molar-refractivity contribution in [2.75, 3.05) is 13.7 Å². The minimum Gasteiger partial charge on any atom is -0.388 e. The van der Waals surface area contributed by atoms with Crippen LogP contribution in [0.5, 0.6) is 0 Å². The Labute approximate surface area is 113 Å². The molecule has 0 saturated carbocycles. The molecular formula is C16H20O3. The van der Waals surface area contributed by atoms with Crippen molar-refractivity contribution in [3.8, 4) is 0 Å². The Morgan fingerprint density at radius 2 is 1.95 bits per heavy atom. The predicted octanol–water partition coefficient (Wildman–Crippen LogP) is 2.29. The molecule has 102 valence electrons. The van der Waals surface area contributed by atoms with Crippen LogP contribution < -0.4 is 0 Å². The fourth-order valence-corrected chi connectivity index (χ4v) is 2.55. The Bertz CT molecular complexity index is 462. The molecule has 0 amide bonds. The second kappa shape index (κ2) is 6.64. The van der Waals surface area contributed by atoms with Gasteiger partial charge < -0.3 is 9.84 Å². The zero-order valence-corrected chi connectivity index (χ0v) is 11.3. The maximum atomic E-state index is 11.8. The van der Waals surface area contributed by atoms with E-state index in [0.29, 0.717) is 13.0 Å². The van der Waals surface area contributed by atoms with Crippen LogP contribution >= 0.6 is 0 Å². The van der Waals surface area contributed by atoms with Gasteiger partial charge in [-0.25, -0.2) is 0 Å². The molecule has 0 aromatic heterocycles. The number of hydrogen-bond acceptors (Lipinski definition) is 3. The highest BCUT2D eigenvalue weighted by molar-refractivity contribution is 5.99. The molecule has 3 nitrogen and oxygen atoms in total. The molecule has 1 N–H and O–H groups in total. The van der Waals surface area contributed by atoms with Crippen molar-refractivity contribution in [1.82, 2.24) is 0 Å². The number of aryl methyl sites for hydroxylation is 1. The van der Waals surface area contributed by atoms with Gasteiger partial charge in [0, 0.05) is 13.5 Å². The standard InChI is InChI=1S/C16H20O3/c1-19-10-9-14-13(15(17)11-16(14)18)8-7-12-5-3-2-4-6-12/h2-6,15,17H,7-11H2,1H3. The van der Waals surface area contributed by atoms with E-state index in [4.69, 9.17) is 4.74 Å². The van der Waals surface area contributed by atoms with Gasteiger partial charge in [0.15, 0.2) is 5.78 Å². The number of hydrogen-bond donors (Lipinski definition) is 1. The van der Waals surface area contributed by atoms with Gasteiger partial charge in [-0.15, -0.1) is 0 Å². The van der Waals surface area contributed by atoms with Crippen molar-refractivity contribution in [2.24, 2.45) is 0 Å². The first-order valence-corrected chi connectivity index (χ1v) is 6.68. The lowest BCUT2D eigenvalue weighted by atomic mass is 9.99. The topological polar surface area (TPSA) is 46.5 Å². The molecule has 0 radical (unpaired) electrons. The second-order valence-corrected chi connectivity index (χ2v) is 4.88. The van der Waals surface area contributed by atoms with E-state index in [1.165, 1.54) is 5.56 Å². The maximum Gasteiger partial charge on any atom is 0.161 e. The molecule has 0 heterocycles. The summed E-state index contributed by atoms with van der Waals surface area (Å²) in [5.74, 6) is 0.0765. The third-order valence-electron chi connectivity index (χ3n) is 3.59. The molecular weight excluding hydrogens is 240 g/mol. The molecule has 1 aliphatic rings. The summed E-state index contributed by atoms with van der Waals surface area (Å²) >= 11 is 0. The van der Waals surface area contributed by atoms with E-state index < -0.39 is 6.10 Å². The first-order chi connectivity index (χ1) is 9.22. The summed E-state index contributed by atoms with van der Waals surface area (Å²) in [5.41, 5.74) is 2.92. The van der Waals surface area contributed by atoms with Gasteiger partial charge in [0.05, 0.1) is 12.7 Å². The Balaban J connectivity index is 2.06. The minimum atomic E-state index is -0.594. The lowest BCUT2D eigenvalue weighted by Gasteiger charge is -2.10. The third kappa shape index (κ3) is 3.52. The van der Waals surface area contributed by atoms with E-state index in [9.17, 15) is 9.90 Å². The van der Waals surface area contributed by atoms with Gasteiger partial charge in [-0.3, -0.25) is 4.79 Å². The Morgan fingerprint density at radius 3 is 2.63 bits per heavy atom. The summed E-state index contributed by atoms with van der Waals surface area (Å²) in [6.07, 6.45) is 1.86. The minimum absolute atomic E-state index is 0.0765. The summed E-state index contributed by atoms with van der Waals surface area (Å²) in [6, 6.07) is 10.1. The van der Waals surface area contributed by atoms with Crippen LogP contribution in [-0.4, -0.2) is 30.7 Å². The van der Waals surface area contributed by atoms with Crippen LogP contribution in [0.1, 0.15) is 24.8 Å². The zero-order valence-electron chi connectivity index (χ0n) is 11.3. The number of aliphatic hydroxyl groups is 1. The van der Waals surface area contributed by atoms with E-state index >= 15 is 0 Å². The van der Waals surface area contributed by atoms with E-state index in [2.05, 4.69) is 12.1 Å². The first-order valence-electron chi connectivity index (χ1n) is 6.68. The van der Waals surface area contributed by atoms with Gasteiger partial charge in [-0.1, -0.05) is 30.3 Å². The van der Waals surface area contributed by atoms with Crippen molar-refractivity contribution in [3.05, 3.63) is 47.0 Å². The second-order valence-electron chi connectivity index (χ2n) is 4.88. The van der Waals surface area contributed by atoms with Crippen LogP contribution in [0.25, 0.3) is 0 Å². The fraction of sp³-hybridized carbons (Fsp3) is 0.438. The molecule has 0 bridgehead atoms. The highest BCUT2D eigenvalue weighted by atomic mass is 16.5. The van der Waals surface area contributed by atoms with E-state index in [1.54, 1.807) is 7.11 Å². The zero-order chi connectivity index (χ0) is 13.7. The molecule has 1 aromatic carbocycles. The molecule has 0 fully saturated rings. The highest BCUT2D eigenvalue weighted by Gasteiger charge is 2.29. The molecule has 0 saturated heterocycles.